The summed E-state index contributed by atoms with van der Waals surface area (Å²) < 4.78 is 0. The number of hydrogen-bond donors (Lipinski definition) is 0. The fourth-order valence-electron chi connectivity index (χ4n) is 2.43. The van der Waals surface area contributed by atoms with Crippen molar-refractivity contribution in [3.05, 3.63) is 14.0 Å². The summed E-state index contributed by atoms with van der Waals surface area (Å²) in [4.78, 5) is 2.23. The molecule has 76 valence electrons. The quantitative estimate of drug-likeness (QED) is 0.607. The minimum Gasteiger partial charge on any atom is -0.459 e. The van der Waals surface area contributed by atoms with Gasteiger partial charge in [0.25, 0.3) is 0 Å². The maximum Gasteiger partial charge on any atom is 2.00 e. The summed E-state index contributed by atoms with van der Waals surface area (Å²) >= 11 is 0. The third-order valence-corrected chi connectivity index (χ3v) is 3.59. The molecule has 2 aliphatic rings. The van der Waals surface area contributed by atoms with E-state index in [1.165, 1.54) is 32.4 Å². The summed E-state index contributed by atoms with van der Waals surface area (Å²) in [6, 6.07) is 0. The standard InChI is InChI=1S/C9H16N.C2H5.W/c1-8-3-4-9(8)5-6-10(2)7-9;1-2;/h8H,2-7H2,1H3;1H2,2H3;/q2*-1;+2/t8-,9+;;/m0../s1. The molecule has 13 heavy (non-hydrogen) atoms. The minimum absolute atomic E-state index is 0. The van der Waals surface area contributed by atoms with E-state index in [1.54, 1.807) is 6.92 Å². The van der Waals surface area contributed by atoms with Crippen LogP contribution < -0.4 is 0 Å². The molecule has 1 saturated heterocycles. The van der Waals surface area contributed by atoms with Gasteiger partial charge in [0.05, 0.1) is 0 Å². The van der Waals surface area contributed by atoms with Crippen LogP contribution >= 0.6 is 0 Å². The molecule has 2 rings (SSSR count). The molecular weight excluding hydrogens is 330 g/mol. The van der Waals surface area contributed by atoms with Crippen molar-refractivity contribution >= 4 is 0 Å². The zero-order chi connectivity index (χ0) is 9.19. The second kappa shape index (κ2) is 5.51. The number of hydrogen-bond acceptors (Lipinski definition) is 1. The van der Waals surface area contributed by atoms with Crippen molar-refractivity contribution < 1.29 is 21.1 Å². The van der Waals surface area contributed by atoms with Crippen LogP contribution in [0.4, 0.5) is 0 Å². The number of rotatable bonds is 0. The summed E-state index contributed by atoms with van der Waals surface area (Å²) in [5.41, 5.74) is 0.710. The van der Waals surface area contributed by atoms with Crippen molar-refractivity contribution in [1.29, 1.82) is 0 Å². The van der Waals surface area contributed by atoms with Crippen LogP contribution in [-0.4, -0.2) is 18.0 Å². The van der Waals surface area contributed by atoms with E-state index in [4.69, 9.17) is 0 Å². The first-order valence-corrected chi connectivity index (χ1v) is 4.99. The molecule has 2 heteroatoms. The molecule has 1 heterocycles. The van der Waals surface area contributed by atoms with Gasteiger partial charge < -0.3 is 11.8 Å². The molecule has 2 atom stereocenters. The van der Waals surface area contributed by atoms with Crippen LogP contribution in [0.5, 0.6) is 0 Å². The third kappa shape index (κ3) is 2.56. The van der Waals surface area contributed by atoms with Crippen molar-refractivity contribution in [2.24, 2.45) is 11.3 Å². The van der Waals surface area contributed by atoms with Gasteiger partial charge in [-0.2, -0.15) is 6.92 Å². The second-order valence-electron chi connectivity index (χ2n) is 4.10. The molecule has 0 aromatic carbocycles. The Hall–Kier alpha value is 0.648. The van der Waals surface area contributed by atoms with Gasteiger partial charge in [0, 0.05) is 0 Å². The van der Waals surface area contributed by atoms with E-state index < -0.39 is 0 Å². The maximum atomic E-state index is 3.98. The normalized spacial score (nSPS) is 37.4. The van der Waals surface area contributed by atoms with E-state index in [0.717, 1.165) is 5.92 Å². The van der Waals surface area contributed by atoms with E-state index in [2.05, 4.69) is 25.8 Å². The summed E-state index contributed by atoms with van der Waals surface area (Å²) in [6.07, 6.45) is 4.31. The molecule has 2 fully saturated rings. The maximum absolute atomic E-state index is 3.98. The molecule has 0 aromatic rings. The first kappa shape index (κ1) is 13.6. The third-order valence-electron chi connectivity index (χ3n) is 3.59. The van der Waals surface area contributed by atoms with Gasteiger partial charge in [-0.15, -0.1) is 0 Å². The van der Waals surface area contributed by atoms with Gasteiger partial charge in [-0.3, -0.25) is 7.05 Å². The van der Waals surface area contributed by atoms with E-state index in [9.17, 15) is 0 Å². The molecule has 0 aromatic heterocycles. The van der Waals surface area contributed by atoms with Crippen LogP contribution in [0.15, 0.2) is 0 Å². The van der Waals surface area contributed by atoms with Crippen molar-refractivity contribution in [2.75, 3.05) is 13.1 Å². The Kier molecular flexibility index (Phi) is 5.78. The predicted octanol–water partition coefficient (Wildman–Crippen LogP) is 2.74. The molecule has 0 N–H and O–H groups in total. The van der Waals surface area contributed by atoms with Gasteiger partial charge in [-0.05, 0) is 43.7 Å². The fraction of sp³-hybridized carbons (Fsp3) is 0.818. The summed E-state index contributed by atoms with van der Waals surface area (Å²) in [5.74, 6) is 0.972. The summed E-state index contributed by atoms with van der Waals surface area (Å²) in [5, 5.41) is 0. The Morgan fingerprint density at radius 3 is 2.08 bits per heavy atom. The largest absolute Gasteiger partial charge is 2.00 e. The zero-order valence-electron chi connectivity index (χ0n) is 8.88. The van der Waals surface area contributed by atoms with E-state index in [1.807, 2.05) is 0 Å². The summed E-state index contributed by atoms with van der Waals surface area (Å²) in [6.45, 7) is 9.88. The topological polar surface area (TPSA) is 3.24 Å². The van der Waals surface area contributed by atoms with Crippen molar-refractivity contribution in [2.45, 2.75) is 33.1 Å². The zero-order valence-corrected chi connectivity index (χ0v) is 11.8. The van der Waals surface area contributed by atoms with Gasteiger partial charge in [0.2, 0.25) is 0 Å². The minimum atomic E-state index is 0. The molecule has 0 radical (unpaired) electrons. The van der Waals surface area contributed by atoms with Gasteiger partial charge in [-0.25, -0.2) is 0 Å². The number of nitrogens with zero attached hydrogens (tertiary/aromatic N) is 1. The molecule has 1 nitrogen and oxygen atoms in total. The van der Waals surface area contributed by atoms with Gasteiger partial charge in [-0.1, -0.05) is 6.92 Å². The van der Waals surface area contributed by atoms with Crippen LogP contribution in [0.3, 0.4) is 0 Å². The first-order valence-electron chi connectivity index (χ1n) is 4.99. The van der Waals surface area contributed by atoms with E-state index >= 15 is 0 Å². The average molecular weight is 351 g/mol. The Labute approximate surface area is 97.5 Å². The first-order chi connectivity index (χ1) is 5.73. The molecule has 0 unspecified atom stereocenters. The van der Waals surface area contributed by atoms with Crippen LogP contribution in [0.25, 0.3) is 0 Å². The van der Waals surface area contributed by atoms with Crippen molar-refractivity contribution in [3.63, 3.8) is 0 Å². The van der Waals surface area contributed by atoms with Gasteiger partial charge in [0.1, 0.15) is 0 Å². The molecule has 1 aliphatic heterocycles. The molecule has 1 saturated carbocycles. The van der Waals surface area contributed by atoms with E-state index in [-0.39, 0.29) is 21.1 Å². The van der Waals surface area contributed by atoms with Crippen molar-refractivity contribution in [1.82, 2.24) is 4.90 Å². The summed E-state index contributed by atoms with van der Waals surface area (Å²) in [7, 11) is 3.98. The Balaban J connectivity index is 0.000000451. The van der Waals surface area contributed by atoms with E-state index in [0.29, 0.717) is 5.41 Å². The smallest absolute Gasteiger partial charge is 0.459 e. The van der Waals surface area contributed by atoms with Crippen LogP contribution in [0.2, 0.25) is 0 Å². The Morgan fingerprint density at radius 2 is 1.92 bits per heavy atom. The Morgan fingerprint density at radius 1 is 1.31 bits per heavy atom. The van der Waals surface area contributed by atoms with Gasteiger partial charge in [0.15, 0.2) is 0 Å². The number of likely N-dealkylation sites (tertiary alicyclic amines) is 1. The van der Waals surface area contributed by atoms with Crippen LogP contribution in [0.1, 0.15) is 33.1 Å². The second-order valence-corrected chi connectivity index (χ2v) is 4.10. The van der Waals surface area contributed by atoms with Crippen LogP contribution in [-0.2, 0) is 21.1 Å². The molecule has 0 amide bonds. The monoisotopic (exact) mass is 351 g/mol. The molecule has 1 aliphatic carbocycles. The molecular formula is C11H21NW. The SMILES string of the molecule is [CH2-]C.[CH2-]N1CC[C@]2(CC[C@@H]2C)C1.[W+2]. The van der Waals surface area contributed by atoms with Crippen LogP contribution in [0, 0.1) is 25.3 Å². The fourth-order valence-corrected chi connectivity index (χ4v) is 2.43. The average Bonchev–Trinajstić information content (AvgIpc) is 2.51. The molecule has 0 bridgehead atoms. The van der Waals surface area contributed by atoms with Gasteiger partial charge >= 0.3 is 21.1 Å². The predicted molar refractivity (Wildman–Crippen MR) is 53.4 cm³/mol. The Bertz CT molecular complexity index is 149. The molecule has 1 spiro atoms. The van der Waals surface area contributed by atoms with Crippen molar-refractivity contribution in [3.8, 4) is 0 Å².